The van der Waals surface area contributed by atoms with Gasteiger partial charge in [-0.3, -0.25) is 9.59 Å². The minimum absolute atomic E-state index is 0.0491. The molecule has 1 aliphatic rings. The first kappa shape index (κ1) is 17.3. The number of carbonyl (C=O) groups is 2. The summed E-state index contributed by atoms with van der Waals surface area (Å²) in [5.74, 6) is -0.267. The Bertz CT molecular complexity index is 1020. The fourth-order valence-corrected chi connectivity index (χ4v) is 3.76. The number of nitrogens with one attached hydrogen (secondary N) is 2. The summed E-state index contributed by atoms with van der Waals surface area (Å²) in [6, 6.07) is 15.0. The molecule has 2 heterocycles. The van der Waals surface area contributed by atoms with Gasteiger partial charge in [-0.1, -0.05) is 35.9 Å². The van der Waals surface area contributed by atoms with Crippen molar-refractivity contribution in [2.45, 2.75) is 32.9 Å². The Morgan fingerprint density at radius 1 is 1.15 bits per heavy atom. The zero-order chi connectivity index (χ0) is 19.0. The molecule has 0 saturated carbocycles. The molecule has 2 N–H and O–H groups in total. The summed E-state index contributed by atoms with van der Waals surface area (Å²) >= 11 is 0. The van der Waals surface area contributed by atoms with E-state index in [1.807, 2.05) is 42.2 Å². The fourth-order valence-electron chi connectivity index (χ4n) is 3.76. The lowest BCUT2D eigenvalue weighted by Crippen LogP contribution is -2.48. The van der Waals surface area contributed by atoms with E-state index < -0.39 is 6.04 Å². The number of aryl methyl sites for hydroxylation is 1. The van der Waals surface area contributed by atoms with Crippen LogP contribution in [0.25, 0.3) is 10.9 Å². The van der Waals surface area contributed by atoms with Crippen molar-refractivity contribution < 1.29 is 9.59 Å². The topological polar surface area (TPSA) is 65.2 Å². The highest BCUT2D eigenvalue weighted by Crippen LogP contribution is 2.27. The first-order chi connectivity index (χ1) is 13.0. The minimum Gasteiger partial charge on any atom is -0.358 e. The van der Waals surface area contributed by atoms with Gasteiger partial charge >= 0.3 is 0 Å². The van der Waals surface area contributed by atoms with Crippen LogP contribution in [0.5, 0.6) is 0 Å². The van der Waals surface area contributed by atoms with Gasteiger partial charge in [-0.25, -0.2) is 0 Å². The molecule has 0 radical (unpaired) electrons. The molecular weight excluding hydrogens is 338 g/mol. The molecule has 5 nitrogen and oxygen atoms in total. The summed E-state index contributed by atoms with van der Waals surface area (Å²) < 4.78 is 0. The fraction of sp³-hybridized carbons (Fsp3) is 0.273. The Morgan fingerprint density at radius 2 is 1.96 bits per heavy atom. The monoisotopic (exact) mass is 361 g/mol. The number of carbonyl (C=O) groups excluding carboxylic acids is 2. The van der Waals surface area contributed by atoms with Crippen LogP contribution in [0.4, 0.5) is 0 Å². The van der Waals surface area contributed by atoms with Crippen molar-refractivity contribution in [3.63, 3.8) is 0 Å². The lowest BCUT2D eigenvalue weighted by atomic mass is 10.0. The molecule has 0 unspecified atom stereocenters. The number of benzene rings is 2. The van der Waals surface area contributed by atoms with Crippen LogP contribution in [0.1, 0.15) is 34.1 Å². The number of fused-ring (bicyclic) bond motifs is 3. The van der Waals surface area contributed by atoms with Crippen molar-refractivity contribution in [2.24, 2.45) is 0 Å². The van der Waals surface area contributed by atoms with Crippen molar-refractivity contribution in [1.82, 2.24) is 15.2 Å². The van der Waals surface area contributed by atoms with Crippen LogP contribution in [0, 0.1) is 6.92 Å². The van der Waals surface area contributed by atoms with Gasteiger partial charge < -0.3 is 15.2 Å². The smallest absolute Gasteiger partial charge is 0.251 e. The molecule has 4 rings (SSSR count). The minimum atomic E-state index is -0.565. The highest BCUT2D eigenvalue weighted by Gasteiger charge is 2.27. The van der Waals surface area contributed by atoms with Crippen LogP contribution in [-0.2, 0) is 17.8 Å². The number of aromatic nitrogens is 1. The number of rotatable bonds is 3. The van der Waals surface area contributed by atoms with E-state index in [9.17, 15) is 9.59 Å². The summed E-state index contributed by atoms with van der Waals surface area (Å²) in [5.41, 5.74) is 5.09. The molecule has 27 heavy (non-hydrogen) atoms. The molecular formula is C22H23N3O2. The summed E-state index contributed by atoms with van der Waals surface area (Å²) in [4.78, 5) is 30.6. The molecule has 138 valence electrons. The molecule has 1 atom stereocenters. The lowest BCUT2D eigenvalue weighted by Gasteiger charge is -2.30. The molecule has 1 aromatic heterocycles. The average molecular weight is 361 g/mol. The quantitative estimate of drug-likeness (QED) is 0.752. The van der Waals surface area contributed by atoms with Gasteiger partial charge in [-0.05, 0) is 32.0 Å². The summed E-state index contributed by atoms with van der Waals surface area (Å²) in [6.07, 6.45) is 0.800. The van der Waals surface area contributed by atoms with Crippen LogP contribution >= 0.6 is 0 Å². The molecule has 1 aliphatic heterocycles. The first-order valence-electron chi connectivity index (χ1n) is 9.27. The van der Waals surface area contributed by atoms with Gasteiger partial charge in [-0.15, -0.1) is 0 Å². The molecule has 5 heteroatoms. The third-order valence-electron chi connectivity index (χ3n) is 5.19. The second-order valence-corrected chi connectivity index (χ2v) is 7.20. The van der Waals surface area contributed by atoms with Gasteiger partial charge in [0.25, 0.3) is 5.91 Å². The predicted octanol–water partition coefficient (Wildman–Crippen LogP) is 3.18. The van der Waals surface area contributed by atoms with E-state index in [0.717, 1.165) is 17.5 Å². The third-order valence-corrected chi connectivity index (χ3v) is 5.19. The van der Waals surface area contributed by atoms with Crippen LogP contribution in [0.2, 0.25) is 0 Å². The molecule has 2 aromatic carbocycles. The average Bonchev–Trinajstić information content (AvgIpc) is 3.05. The zero-order valence-corrected chi connectivity index (χ0v) is 15.6. The van der Waals surface area contributed by atoms with Crippen molar-refractivity contribution in [3.8, 4) is 0 Å². The van der Waals surface area contributed by atoms with E-state index in [4.69, 9.17) is 0 Å². The number of aromatic amines is 1. The number of nitrogens with zero attached hydrogens (tertiary/aromatic N) is 1. The Kier molecular flexibility index (Phi) is 4.44. The number of para-hydroxylation sites is 1. The van der Waals surface area contributed by atoms with Gasteiger partial charge in [0.2, 0.25) is 5.91 Å². The lowest BCUT2D eigenvalue weighted by molar-refractivity contribution is -0.133. The van der Waals surface area contributed by atoms with Crippen molar-refractivity contribution in [3.05, 3.63) is 70.9 Å². The molecule has 0 fully saturated rings. The standard InChI is InChI=1S/C22H23N3O2/c1-14-6-5-7-16(12-14)21(26)23-15(2)22(27)25-11-10-20-18(13-25)17-8-3-4-9-19(17)24-20/h3-9,12,15,24H,10-11,13H2,1-2H3,(H,23,26)/t15-/m1/s1. The second-order valence-electron chi connectivity index (χ2n) is 7.20. The van der Waals surface area contributed by atoms with Gasteiger partial charge in [-0.2, -0.15) is 0 Å². The Labute approximate surface area is 158 Å². The largest absolute Gasteiger partial charge is 0.358 e. The molecule has 0 bridgehead atoms. The number of hydrogen-bond acceptors (Lipinski definition) is 2. The van der Waals surface area contributed by atoms with Gasteiger partial charge in [0.1, 0.15) is 6.04 Å². The van der Waals surface area contributed by atoms with Crippen LogP contribution in [0.15, 0.2) is 48.5 Å². The Hall–Kier alpha value is -3.08. The van der Waals surface area contributed by atoms with Gasteiger partial charge in [0.05, 0.1) is 0 Å². The third kappa shape index (κ3) is 3.33. The van der Waals surface area contributed by atoms with Crippen molar-refractivity contribution in [2.75, 3.05) is 6.54 Å². The molecule has 0 saturated heterocycles. The van der Waals surface area contributed by atoms with Crippen LogP contribution in [0.3, 0.4) is 0 Å². The highest BCUT2D eigenvalue weighted by atomic mass is 16.2. The van der Waals surface area contributed by atoms with Crippen LogP contribution in [-0.4, -0.2) is 34.3 Å². The second kappa shape index (κ2) is 6.91. The molecule has 2 amide bonds. The summed E-state index contributed by atoms with van der Waals surface area (Å²) in [6.45, 7) is 4.92. The van der Waals surface area contributed by atoms with E-state index in [1.54, 1.807) is 13.0 Å². The predicted molar refractivity (Wildman–Crippen MR) is 106 cm³/mol. The molecule has 0 spiro atoms. The van der Waals surface area contributed by atoms with E-state index in [-0.39, 0.29) is 11.8 Å². The van der Waals surface area contributed by atoms with E-state index >= 15 is 0 Å². The van der Waals surface area contributed by atoms with E-state index in [2.05, 4.69) is 22.4 Å². The Balaban J connectivity index is 1.47. The van der Waals surface area contributed by atoms with Crippen LogP contribution < -0.4 is 5.32 Å². The number of H-pyrrole nitrogens is 1. The highest BCUT2D eigenvalue weighted by molar-refractivity contribution is 5.97. The van der Waals surface area contributed by atoms with Crippen molar-refractivity contribution in [1.29, 1.82) is 0 Å². The zero-order valence-electron chi connectivity index (χ0n) is 15.6. The first-order valence-corrected chi connectivity index (χ1v) is 9.27. The SMILES string of the molecule is Cc1cccc(C(=O)N[C@H](C)C(=O)N2CCc3[nH]c4ccccc4c3C2)c1. The molecule has 0 aliphatic carbocycles. The van der Waals surface area contributed by atoms with Gasteiger partial charge in [0.15, 0.2) is 0 Å². The van der Waals surface area contributed by atoms with E-state index in [1.165, 1.54) is 16.6 Å². The molecule has 3 aromatic rings. The Morgan fingerprint density at radius 3 is 2.78 bits per heavy atom. The van der Waals surface area contributed by atoms with E-state index in [0.29, 0.717) is 18.7 Å². The maximum Gasteiger partial charge on any atom is 0.251 e. The van der Waals surface area contributed by atoms with Gasteiger partial charge in [0, 0.05) is 47.2 Å². The summed E-state index contributed by atoms with van der Waals surface area (Å²) in [5, 5.41) is 4.01. The maximum absolute atomic E-state index is 12.9. The van der Waals surface area contributed by atoms with Crippen molar-refractivity contribution >= 4 is 22.7 Å². The normalized spacial score (nSPS) is 14.7. The maximum atomic E-state index is 12.9. The summed E-state index contributed by atoms with van der Waals surface area (Å²) in [7, 11) is 0. The number of amides is 2. The number of hydrogen-bond donors (Lipinski definition) is 2.